The number of aromatic nitrogens is 2. The van der Waals surface area contributed by atoms with Gasteiger partial charge in [0.25, 0.3) is 0 Å². The lowest BCUT2D eigenvalue weighted by Crippen LogP contribution is -2.36. The van der Waals surface area contributed by atoms with Crippen LogP contribution in [-0.4, -0.2) is 15.9 Å². The Balaban J connectivity index is 2.47. The van der Waals surface area contributed by atoms with E-state index in [4.69, 9.17) is 0 Å². The summed E-state index contributed by atoms with van der Waals surface area (Å²) >= 11 is 0. The van der Waals surface area contributed by atoms with Crippen LogP contribution < -0.4 is 4.90 Å². The van der Waals surface area contributed by atoms with Crippen molar-refractivity contribution in [1.82, 2.24) is 9.97 Å². The molecule has 0 saturated heterocycles. The Labute approximate surface area is 132 Å². The zero-order valence-electron chi connectivity index (χ0n) is 13.9. The molecule has 0 bridgehead atoms. The molecule has 1 aromatic heterocycles. The summed E-state index contributed by atoms with van der Waals surface area (Å²) in [5, 5.41) is 0. The summed E-state index contributed by atoms with van der Waals surface area (Å²) in [5.41, 5.74) is 1.55. The van der Waals surface area contributed by atoms with Crippen LogP contribution >= 0.6 is 0 Å². The smallest absolute Gasteiger partial charge is 0.238 e. The van der Waals surface area contributed by atoms with Gasteiger partial charge in [0.05, 0.1) is 11.9 Å². The lowest BCUT2D eigenvalue weighted by atomic mass is 9.94. The molecular weight excluding hydrogens is 274 g/mol. The van der Waals surface area contributed by atoms with E-state index in [9.17, 15) is 4.79 Å². The van der Waals surface area contributed by atoms with E-state index in [0.717, 1.165) is 5.69 Å². The molecular formula is C18H23N3O. The van der Waals surface area contributed by atoms with E-state index in [1.807, 2.05) is 32.9 Å². The van der Waals surface area contributed by atoms with E-state index in [2.05, 4.69) is 35.9 Å². The minimum absolute atomic E-state index is 0.00898. The van der Waals surface area contributed by atoms with Gasteiger partial charge in [0.2, 0.25) is 5.91 Å². The number of rotatable bonds is 3. The molecule has 0 spiro atoms. The Morgan fingerprint density at radius 2 is 1.73 bits per heavy atom. The number of nitrogens with zero attached hydrogens (tertiary/aromatic N) is 3. The first kappa shape index (κ1) is 16.1. The van der Waals surface area contributed by atoms with Gasteiger partial charge in [-0.25, -0.2) is 4.98 Å². The van der Waals surface area contributed by atoms with Crippen molar-refractivity contribution in [1.29, 1.82) is 0 Å². The van der Waals surface area contributed by atoms with Crippen molar-refractivity contribution in [3.63, 3.8) is 0 Å². The van der Waals surface area contributed by atoms with Crippen LogP contribution in [0, 0.1) is 5.41 Å². The van der Waals surface area contributed by atoms with E-state index in [-0.39, 0.29) is 5.91 Å². The average Bonchev–Trinajstić information content (AvgIpc) is 2.48. The van der Waals surface area contributed by atoms with Crippen molar-refractivity contribution in [3.8, 4) is 0 Å². The minimum Gasteiger partial charge on any atom is -0.273 e. The molecule has 1 aromatic carbocycles. The fourth-order valence-electron chi connectivity index (χ4n) is 2.10. The topological polar surface area (TPSA) is 46.1 Å². The molecule has 4 heteroatoms. The van der Waals surface area contributed by atoms with Gasteiger partial charge in [0.15, 0.2) is 5.82 Å². The van der Waals surface area contributed by atoms with Crippen LogP contribution in [0.15, 0.2) is 42.9 Å². The van der Waals surface area contributed by atoms with Crippen molar-refractivity contribution in [3.05, 3.63) is 48.4 Å². The first-order chi connectivity index (χ1) is 10.3. The number of hydrogen-bond acceptors (Lipinski definition) is 3. The number of benzene rings is 1. The number of carbonyl (C=O) groups excluding carboxylic acids is 1. The van der Waals surface area contributed by atoms with Crippen LogP contribution in [0.2, 0.25) is 0 Å². The summed E-state index contributed by atoms with van der Waals surface area (Å²) in [6.07, 6.45) is 4.81. The lowest BCUT2D eigenvalue weighted by Gasteiger charge is -2.28. The van der Waals surface area contributed by atoms with Crippen LogP contribution in [0.5, 0.6) is 0 Å². The maximum atomic E-state index is 12.8. The molecule has 0 unspecified atom stereocenters. The second-order valence-electron chi connectivity index (χ2n) is 6.70. The molecule has 1 amide bonds. The molecule has 2 aromatic rings. The van der Waals surface area contributed by atoms with Gasteiger partial charge in [0, 0.05) is 17.8 Å². The largest absolute Gasteiger partial charge is 0.273 e. The monoisotopic (exact) mass is 297 g/mol. The second-order valence-corrected chi connectivity index (χ2v) is 6.70. The van der Waals surface area contributed by atoms with E-state index < -0.39 is 5.41 Å². The molecule has 0 N–H and O–H groups in total. The summed E-state index contributed by atoms with van der Waals surface area (Å²) in [4.78, 5) is 22.9. The Hall–Kier alpha value is -2.23. The zero-order chi connectivity index (χ0) is 16.3. The molecule has 4 nitrogen and oxygen atoms in total. The highest BCUT2D eigenvalue weighted by molar-refractivity contribution is 6.02. The van der Waals surface area contributed by atoms with Crippen LogP contribution in [0.25, 0.3) is 0 Å². The highest BCUT2D eigenvalue weighted by Gasteiger charge is 2.30. The minimum atomic E-state index is -0.506. The lowest BCUT2D eigenvalue weighted by molar-refractivity contribution is -0.125. The highest BCUT2D eigenvalue weighted by Crippen LogP contribution is 2.30. The van der Waals surface area contributed by atoms with E-state index in [1.54, 1.807) is 23.5 Å². The van der Waals surface area contributed by atoms with E-state index >= 15 is 0 Å². The summed E-state index contributed by atoms with van der Waals surface area (Å²) in [5.74, 6) is 0.988. The number of amides is 1. The van der Waals surface area contributed by atoms with Gasteiger partial charge in [-0.15, -0.1) is 0 Å². The number of anilines is 2. The number of hydrogen-bond donors (Lipinski definition) is 0. The summed E-state index contributed by atoms with van der Waals surface area (Å²) in [6.45, 7) is 10.0. The predicted octanol–water partition coefficient (Wildman–Crippen LogP) is 4.31. The van der Waals surface area contributed by atoms with Gasteiger partial charge in [-0.1, -0.05) is 46.8 Å². The fraction of sp³-hybridized carbons (Fsp3) is 0.389. The second kappa shape index (κ2) is 6.26. The maximum Gasteiger partial charge on any atom is 0.238 e. The van der Waals surface area contributed by atoms with Gasteiger partial charge in [0.1, 0.15) is 0 Å². The molecule has 0 atom stereocenters. The molecule has 116 valence electrons. The molecule has 0 radical (unpaired) electrons. The van der Waals surface area contributed by atoms with E-state index in [0.29, 0.717) is 11.7 Å². The highest BCUT2D eigenvalue weighted by atomic mass is 16.2. The van der Waals surface area contributed by atoms with Crippen molar-refractivity contribution in [2.24, 2.45) is 5.41 Å². The van der Waals surface area contributed by atoms with Crippen molar-refractivity contribution in [2.75, 3.05) is 4.90 Å². The molecule has 22 heavy (non-hydrogen) atoms. The molecule has 2 rings (SSSR count). The maximum absolute atomic E-state index is 12.8. The Morgan fingerprint density at radius 1 is 1.09 bits per heavy atom. The Kier molecular flexibility index (Phi) is 4.59. The molecule has 0 fully saturated rings. The van der Waals surface area contributed by atoms with Gasteiger partial charge in [-0.05, 0) is 23.6 Å². The van der Waals surface area contributed by atoms with Crippen LogP contribution in [0.1, 0.15) is 46.1 Å². The van der Waals surface area contributed by atoms with Crippen molar-refractivity contribution >= 4 is 17.4 Å². The van der Waals surface area contributed by atoms with Crippen LogP contribution in [0.4, 0.5) is 11.5 Å². The first-order valence-electron chi connectivity index (χ1n) is 7.51. The molecule has 1 heterocycles. The normalized spacial score (nSPS) is 11.5. The zero-order valence-corrected chi connectivity index (χ0v) is 13.9. The molecule has 0 aliphatic carbocycles. The van der Waals surface area contributed by atoms with Gasteiger partial charge < -0.3 is 0 Å². The Morgan fingerprint density at radius 3 is 2.18 bits per heavy atom. The predicted molar refractivity (Wildman–Crippen MR) is 89.2 cm³/mol. The summed E-state index contributed by atoms with van der Waals surface area (Å²) in [6, 6.07) is 8.04. The molecule has 0 aliphatic heterocycles. The quantitative estimate of drug-likeness (QED) is 0.848. The van der Waals surface area contributed by atoms with Gasteiger partial charge >= 0.3 is 0 Å². The first-order valence-corrected chi connectivity index (χ1v) is 7.51. The third-order valence-electron chi connectivity index (χ3n) is 3.44. The average molecular weight is 297 g/mol. The van der Waals surface area contributed by atoms with E-state index in [1.165, 1.54) is 5.56 Å². The van der Waals surface area contributed by atoms with Crippen molar-refractivity contribution < 1.29 is 4.79 Å². The number of carbonyl (C=O) groups is 1. The van der Waals surface area contributed by atoms with Crippen LogP contribution in [0.3, 0.4) is 0 Å². The van der Waals surface area contributed by atoms with Crippen LogP contribution in [-0.2, 0) is 4.79 Å². The third-order valence-corrected chi connectivity index (χ3v) is 3.44. The fourth-order valence-corrected chi connectivity index (χ4v) is 2.10. The third kappa shape index (κ3) is 3.50. The SMILES string of the molecule is CC(C)c1ccc(N(C(=O)C(C)(C)C)c2cnccn2)cc1. The van der Waals surface area contributed by atoms with Crippen molar-refractivity contribution in [2.45, 2.75) is 40.5 Å². The Bertz CT molecular complexity index is 628. The van der Waals surface area contributed by atoms with Gasteiger partial charge in [-0.2, -0.15) is 0 Å². The standard InChI is InChI=1S/C18H23N3O/c1-13(2)14-6-8-15(9-7-14)21(17(22)18(3,4)5)16-12-19-10-11-20-16/h6-13H,1-5H3. The summed E-state index contributed by atoms with van der Waals surface area (Å²) in [7, 11) is 0. The summed E-state index contributed by atoms with van der Waals surface area (Å²) < 4.78 is 0. The molecule has 0 saturated carbocycles. The molecule has 0 aliphatic rings. The van der Waals surface area contributed by atoms with Gasteiger partial charge in [-0.3, -0.25) is 14.7 Å².